The van der Waals surface area contributed by atoms with Crippen LogP contribution in [-0.2, 0) is 6.54 Å². The number of nitrogens with one attached hydrogen (secondary N) is 3. The van der Waals surface area contributed by atoms with Crippen molar-refractivity contribution in [3.8, 4) is 0 Å². The van der Waals surface area contributed by atoms with Crippen LogP contribution >= 0.6 is 0 Å². The lowest BCUT2D eigenvalue weighted by Crippen LogP contribution is -2.24. The highest BCUT2D eigenvalue weighted by atomic mass is 16.2. The monoisotopic (exact) mass is 257 g/mol. The first-order chi connectivity index (χ1) is 9.28. The van der Waals surface area contributed by atoms with Gasteiger partial charge in [0, 0.05) is 42.9 Å². The van der Waals surface area contributed by atoms with E-state index in [1.165, 1.54) is 6.33 Å². The Hall–Kier alpha value is -2.63. The molecule has 0 saturated heterocycles. The van der Waals surface area contributed by atoms with Crippen molar-refractivity contribution in [2.75, 3.05) is 17.7 Å². The third-order valence-corrected chi connectivity index (χ3v) is 2.48. The second-order valence-corrected chi connectivity index (χ2v) is 3.88. The molecule has 2 aromatic rings. The Morgan fingerprint density at radius 2 is 1.74 bits per heavy atom. The van der Waals surface area contributed by atoms with Crippen LogP contribution in [0.1, 0.15) is 5.56 Å². The second kappa shape index (κ2) is 6.34. The third kappa shape index (κ3) is 3.95. The number of anilines is 2. The number of amides is 2. The van der Waals surface area contributed by atoms with E-state index < -0.39 is 0 Å². The van der Waals surface area contributed by atoms with E-state index in [-0.39, 0.29) is 6.03 Å². The van der Waals surface area contributed by atoms with Crippen LogP contribution in [0.2, 0.25) is 0 Å². The Morgan fingerprint density at radius 3 is 2.37 bits per heavy atom. The Bertz CT molecular complexity index is 526. The molecule has 1 aromatic carbocycles. The Labute approximate surface area is 111 Å². The number of carbonyl (C=O) groups is 1. The molecule has 0 aliphatic carbocycles. The smallest absolute Gasteiger partial charge is 0.318 e. The summed E-state index contributed by atoms with van der Waals surface area (Å²) in [6, 6.07) is 7.23. The van der Waals surface area contributed by atoms with Gasteiger partial charge < -0.3 is 16.0 Å². The Balaban J connectivity index is 1.90. The van der Waals surface area contributed by atoms with Crippen LogP contribution < -0.4 is 16.0 Å². The summed E-state index contributed by atoms with van der Waals surface area (Å²) in [5, 5.41) is 8.44. The Morgan fingerprint density at radius 1 is 1.11 bits per heavy atom. The highest BCUT2D eigenvalue weighted by molar-refractivity contribution is 5.89. The van der Waals surface area contributed by atoms with Gasteiger partial charge in [-0.1, -0.05) is 0 Å². The third-order valence-electron chi connectivity index (χ3n) is 2.48. The van der Waals surface area contributed by atoms with Crippen LogP contribution in [-0.4, -0.2) is 23.0 Å². The minimum atomic E-state index is -0.234. The maximum absolute atomic E-state index is 11.1. The topological polar surface area (TPSA) is 78.9 Å². The molecule has 1 aromatic heterocycles. The van der Waals surface area contributed by atoms with Gasteiger partial charge in [0.05, 0.1) is 0 Å². The van der Waals surface area contributed by atoms with Crippen molar-refractivity contribution in [2.45, 2.75) is 6.54 Å². The van der Waals surface area contributed by atoms with Crippen molar-refractivity contribution in [2.24, 2.45) is 0 Å². The van der Waals surface area contributed by atoms with Crippen molar-refractivity contribution in [1.82, 2.24) is 15.3 Å². The van der Waals surface area contributed by atoms with E-state index in [0.29, 0.717) is 6.54 Å². The first-order valence-corrected chi connectivity index (χ1v) is 5.84. The first-order valence-electron chi connectivity index (χ1n) is 5.84. The number of rotatable bonds is 4. The summed E-state index contributed by atoms with van der Waals surface area (Å²) in [6.45, 7) is 0.656. The molecule has 0 atom stereocenters. The van der Waals surface area contributed by atoms with Crippen molar-refractivity contribution < 1.29 is 4.79 Å². The van der Waals surface area contributed by atoms with Gasteiger partial charge in [-0.2, -0.15) is 0 Å². The van der Waals surface area contributed by atoms with E-state index in [9.17, 15) is 4.79 Å². The number of urea groups is 1. The summed E-state index contributed by atoms with van der Waals surface area (Å²) in [5.74, 6) is 0. The first kappa shape index (κ1) is 12.8. The van der Waals surface area contributed by atoms with Crippen molar-refractivity contribution in [3.05, 3.63) is 48.5 Å². The molecule has 2 amide bonds. The van der Waals surface area contributed by atoms with Crippen LogP contribution in [0, 0.1) is 0 Å². The molecular weight excluding hydrogens is 242 g/mol. The van der Waals surface area contributed by atoms with E-state index in [2.05, 4.69) is 25.9 Å². The van der Waals surface area contributed by atoms with Crippen LogP contribution in [0.3, 0.4) is 0 Å². The van der Waals surface area contributed by atoms with Crippen LogP contribution in [0.25, 0.3) is 0 Å². The molecule has 0 spiro atoms. The Kier molecular flexibility index (Phi) is 4.28. The molecule has 0 aliphatic heterocycles. The van der Waals surface area contributed by atoms with Gasteiger partial charge in [0.25, 0.3) is 0 Å². The molecular formula is C13H15N5O. The zero-order valence-corrected chi connectivity index (χ0v) is 10.6. The highest BCUT2D eigenvalue weighted by Crippen LogP contribution is 2.14. The van der Waals surface area contributed by atoms with Gasteiger partial charge in [-0.25, -0.2) is 14.8 Å². The van der Waals surface area contributed by atoms with Gasteiger partial charge in [-0.05, 0) is 24.3 Å². The SMILES string of the molecule is CNC(=O)Nc1ccc(NCc2cncnc2)cc1. The summed E-state index contributed by atoms with van der Waals surface area (Å²) in [4.78, 5) is 19.0. The number of aromatic nitrogens is 2. The lowest BCUT2D eigenvalue weighted by Gasteiger charge is -2.08. The van der Waals surface area contributed by atoms with E-state index >= 15 is 0 Å². The van der Waals surface area contributed by atoms with Gasteiger partial charge in [-0.15, -0.1) is 0 Å². The standard InChI is InChI=1S/C13H15N5O/c1-14-13(19)18-12-4-2-11(3-5-12)17-8-10-6-15-9-16-7-10/h2-7,9,17H,8H2,1H3,(H2,14,18,19). The van der Waals surface area contributed by atoms with E-state index in [0.717, 1.165) is 16.9 Å². The average Bonchev–Trinajstić information content (AvgIpc) is 2.47. The van der Waals surface area contributed by atoms with Gasteiger partial charge in [0.15, 0.2) is 0 Å². The molecule has 1 heterocycles. The molecule has 0 fully saturated rings. The lowest BCUT2D eigenvalue weighted by atomic mass is 10.2. The molecule has 0 bridgehead atoms. The van der Waals surface area contributed by atoms with Crippen LogP contribution in [0.15, 0.2) is 43.0 Å². The number of nitrogens with zero attached hydrogens (tertiary/aromatic N) is 2. The molecule has 0 aliphatic rings. The molecule has 6 heteroatoms. The summed E-state index contributed by atoms with van der Waals surface area (Å²) in [6.07, 6.45) is 5.03. The zero-order valence-electron chi connectivity index (χ0n) is 10.6. The molecule has 19 heavy (non-hydrogen) atoms. The van der Waals surface area contributed by atoms with E-state index in [4.69, 9.17) is 0 Å². The molecule has 3 N–H and O–H groups in total. The predicted octanol–water partition coefficient (Wildman–Crippen LogP) is 1.84. The van der Waals surface area contributed by atoms with Gasteiger partial charge in [-0.3, -0.25) is 0 Å². The van der Waals surface area contributed by atoms with E-state index in [1.54, 1.807) is 19.4 Å². The quantitative estimate of drug-likeness (QED) is 0.781. The summed E-state index contributed by atoms with van der Waals surface area (Å²) in [5.41, 5.74) is 2.72. The molecule has 2 rings (SSSR count). The van der Waals surface area contributed by atoms with Gasteiger partial charge >= 0.3 is 6.03 Å². The van der Waals surface area contributed by atoms with Crippen LogP contribution in [0.4, 0.5) is 16.2 Å². The van der Waals surface area contributed by atoms with Crippen LogP contribution in [0.5, 0.6) is 0 Å². The minimum absolute atomic E-state index is 0.234. The van der Waals surface area contributed by atoms with Gasteiger partial charge in [0.2, 0.25) is 0 Å². The summed E-state index contributed by atoms with van der Waals surface area (Å²) in [7, 11) is 1.58. The van der Waals surface area contributed by atoms with Crippen molar-refractivity contribution in [3.63, 3.8) is 0 Å². The molecule has 98 valence electrons. The second-order valence-electron chi connectivity index (χ2n) is 3.88. The normalized spacial score (nSPS) is 9.74. The predicted molar refractivity (Wildman–Crippen MR) is 73.9 cm³/mol. The highest BCUT2D eigenvalue weighted by Gasteiger charge is 1.99. The zero-order chi connectivity index (χ0) is 13.5. The summed E-state index contributed by atoms with van der Waals surface area (Å²) >= 11 is 0. The summed E-state index contributed by atoms with van der Waals surface area (Å²) < 4.78 is 0. The fraction of sp³-hybridized carbons (Fsp3) is 0.154. The molecule has 0 unspecified atom stereocenters. The van der Waals surface area contributed by atoms with Crippen molar-refractivity contribution in [1.29, 1.82) is 0 Å². The number of hydrogen-bond acceptors (Lipinski definition) is 4. The number of benzene rings is 1. The maximum Gasteiger partial charge on any atom is 0.318 e. The largest absolute Gasteiger partial charge is 0.381 e. The fourth-order valence-electron chi connectivity index (χ4n) is 1.49. The van der Waals surface area contributed by atoms with Crippen molar-refractivity contribution >= 4 is 17.4 Å². The minimum Gasteiger partial charge on any atom is -0.381 e. The maximum atomic E-state index is 11.1. The average molecular weight is 257 g/mol. The fourth-order valence-corrected chi connectivity index (χ4v) is 1.49. The number of hydrogen-bond donors (Lipinski definition) is 3. The molecule has 0 radical (unpaired) electrons. The van der Waals surface area contributed by atoms with Gasteiger partial charge in [0.1, 0.15) is 6.33 Å². The number of carbonyl (C=O) groups excluding carboxylic acids is 1. The molecule has 6 nitrogen and oxygen atoms in total. The van der Waals surface area contributed by atoms with E-state index in [1.807, 2.05) is 24.3 Å². The molecule has 0 saturated carbocycles. The lowest BCUT2D eigenvalue weighted by molar-refractivity contribution is 0.254.